The first-order valence-electron chi connectivity index (χ1n) is 7.75. The van der Waals surface area contributed by atoms with Crippen molar-refractivity contribution in [3.63, 3.8) is 0 Å². The predicted octanol–water partition coefficient (Wildman–Crippen LogP) is 1.77. The molecule has 6 nitrogen and oxygen atoms in total. The first-order valence-corrected chi connectivity index (χ1v) is 7.75. The topological polar surface area (TPSA) is 70.4 Å². The van der Waals surface area contributed by atoms with Crippen molar-refractivity contribution in [1.82, 2.24) is 15.4 Å². The first kappa shape index (κ1) is 16.0. The molecule has 2 heterocycles. The zero-order valence-corrected chi connectivity index (χ0v) is 13.2. The number of rotatable bonds is 7. The van der Waals surface area contributed by atoms with Crippen LogP contribution in [0.5, 0.6) is 0 Å². The smallest absolute Gasteiger partial charge is 0.226 e. The third-order valence-electron chi connectivity index (χ3n) is 3.87. The van der Waals surface area contributed by atoms with E-state index in [1.807, 2.05) is 0 Å². The molecule has 1 aromatic heterocycles. The third kappa shape index (κ3) is 5.13. The molecule has 2 N–H and O–H groups in total. The molecule has 1 amide bonds. The van der Waals surface area contributed by atoms with Crippen molar-refractivity contribution < 1.29 is 9.32 Å². The number of anilines is 1. The molecule has 0 saturated carbocycles. The minimum atomic E-state index is -0.0201. The molecule has 1 saturated heterocycles. The molecular formula is C15H26N4O2. The third-order valence-corrected chi connectivity index (χ3v) is 3.87. The van der Waals surface area contributed by atoms with Gasteiger partial charge in [0.05, 0.1) is 0 Å². The van der Waals surface area contributed by atoms with Gasteiger partial charge in [-0.05, 0) is 40.2 Å². The molecule has 0 spiro atoms. The number of hydrogen-bond donors (Lipinski definition) is 2. The van der Waals surface area contributed by atoms with E-state index in [2.05, 4.69) is 34.5 Å². The normalized spacial score (nSPS) is 18.6. The molecule has 118 valence electrons. The van der Waals surface area contributed by atoms with E-state index in [0.717, 1.165) is 19.6 Å². The van der Waals surface area contributed by atoms with Crippen molar-refractivity contribution >= 4 is 11.7 Å². The summed E-state index contributed by atoms with van der Waals surface area (Å²) in [6, 6.07) is 2.73. The standard InChI is InChI=1S/C15H26N4O2/c1-11(2)19(10-13-5-4-7-16-13)8-6-15(20)17-14-9-12(3)21-18-14/h9,11,13,16H,4-8,10H2,1-3H3,(H,17,18,20). The lowest BCUT2D eigenvalue weighted by Crippen LogP contribution is -2.42. The Bertz CT molecular complexity index is 452. The van der Waals surface area contributed by atoms with Crippen molar-refractivity contribution in [2.24, 2.45) is 0 Å². The SMILES string of the molecule is Cc1cc(NC(=O)CCN(CC2CCCN2)C(C)C)no1. The number of carbonyl (C=O) groups excluding carboxylic acids is 1. The Morgan fingerprint density at radius 3 is 3.00 bits per heavy atom. The largest absolute Gasteiger partial charge is 0.360 e. The van der Waals surface area contributed by atoms with Gasteiger partial charge in [-0.2, -0.15) is 0 Å². The van der Waals surface area contributed by atoms with Crippen molar-refractivity contribution in [3.05, 3.63) is 11.8 Å². The Kier molecular flexibility index (Phi) is 5.76. The number of aryl methyl sites for hydroxylation is 1. The highest BCUT2D eigenvalue weighted by molar-refractivity contribution is 5.89. The number of nitrogens with one attached hydrogen (secondary N) is 2. The van der Waals surface area contributed by atoms with Crippen molar-refractivity contribution in [2.75, 3.05) is 25.0 Å². The fourth-order valence-electron chi connectivity index (χ4n) is 2.63. The minimum Gasteiger partial charge on any atom is -0.360 e. The van der Waals surface area contributed by atoms with Crippen LogP contribution in [0.1, 0.15) is 38.9 Å². The van der Waals surface area contributed by atoms with Crippen LogP contribution in [0.2, 0.25) is 0 Å². The maximum absolute atomic E-state index is 12.0. The van der Waals surface area contributed by atoms with Gasteiger partial charge in [-0.15, -0.1) is 0 Å². The van der Waals surface area contributed by atoms with Crippen LogP contribution in [-0.2, 0) is 4.79 Å². The minimum absolute atomic E-state index is 0.0201. The highest BCUT2D eigenvalue weighted by atomic mass is 16.5. The summed E-state index contributed by atoms with van der Waals surface area (Å²) in [5.41, 5.74) is 0. The summed E-state index contributed by atoms with van der Waals surface area (Å²) in [6.07, 6.45) is 2.95. The Hall–Kier alpha value is -1.40. The van der Waals surface area contributed by atoms with E-state index in [1.165, 1.54) is 12.8 Å². The highest BCUT2D eigenvalue weighted by Gasteiger charge is 2.20. The van der Waals surface area contributed by atoms with Crippen LogP contribution in [0.15, 0.2) is 10.6 Å². The molecular weight excluding hydrogens is 268 g/mol. The molecule has 1 fully saturated rings. The second-order valence-corrected chi connectivity index (χ2v) is 6.00. The Morgan fingerprint density at radius 1 is 1.62 bits per heavy atom. The number of carbonyl (C=O) groups is 1. The zero-order chi connectivity index (χ0) is 15.2. The van der Waals surface area contributed by atoms with Crippen LogP contribution < -0.4 is 10.6 Å². The van der Waals surface area contributed by atoms with Crippen LogP contribution in [0.3, 0.4) is 0 Å². The van der Waals surface area contributed by atoms with Gasteiger partial charge >= 0.3 is 0 Å². The summed E-state index contributed by atoms with van der Waals surface area (Å²) in [7, 11) is 0. The van der Waals surface area contributed by atoms with Gasteiger partial charge in [0.15, 0.2) is 5.82 Å². The van der Waals surface area contributed by atoms with E-state index in [-0.39, 0.29) is 5.91 Å². The van der Waals surface area contributed by atoms with Crippen LogP contribution in [0.4, 0.5) is 5.82 Å². The van der Waals surface area contributed by atoms with Crippen LogP contribution in [0, 0.1) is 6.92 Å². The van der Waals surface area contributed by atoms with Gasteiger partial charge in [-0.1, -0.05) is 5.16 Å². The van der Waals surface area contributed by atoms with Gasteiger partial charge < -0.3 is 15.2 Å². The molecule has 1 aromatic rings. The maximum atomic E-state index is 12.0. The average Bonchev–Trinajstić information content (AvgIpc) is 3.06. The molecule has 0 aromatic carbocycles. The highest BCUT2D eigenvalue weighted by Crippen LogP contribution is 2.11. The molecule has 2 rings (SSSR count). The molecule has 6 heteroatoms. The monoisotopic (exact) mass is 294 g/mol. The van der Waals surface area contributed by atoms with E-state index < -0.39 is 0 Å². The van der Waals surface area contributed by atoms with E-state index >= 15 is 0 Å². The summed E-state index contributed by atoms with van der Waals surface area (Å²) in [4.78, 5) is 14.3. The summed E-state index contributed by atoms with van der Waals surface area (Å²) in [5, 5.41) is 10.0. The lowest BCUT2D eigenvalue weighted by Gasteiger charge is -2.29. The Morgan fingerprint density at radius 2 is 2.43 bits per heavy atom. The van der Waals surface area contributed by atoms with E-state index in [9.17, 15) is 4.79 Å². The number of hydrogen-bond acceptors (Lipinski definition) is 5. The van der Waals surface area contributed by atoms with E-state index in [4.69, 9.17) is 4.52 Å². The molecule has 21 heavy (non-hydrogen) atoms. The van der Waals surface area contributed by atoms with Gasteiger partial charge in [-0.25, -0.2) is 0 Å². The van der Waals surface area contributed by atoms with Gasteiger partial charge in [-0.3, -0.25) is 9.69 Å². The predicted molar refractivity (Wildman–Crippen MR) is 82.2 cm³/mol. The van der Waals surface area contributed by atoms with E-state index in [1.54, 1.807) is 13.0 Å². The second kappa shape index (κ2) is 7.56. The number of nitrogens with zero attached hydrogens (tertiary/aromatic N) is 2. The fraction of sp³-hybridized carbons (Fsp3) is 0.733. The number of aromatic nitrogens is 1. The summed E-state index contributed by atoms with van der Waals surface area (Å²) in [6.45, 7) is 9.04. The van der Waals surface area contributed by atoms with Crippen molar-refractivity contribution in [3.8, 4) is 0 Å². The molecule has 1 aliphatic heterocycles. The van der Waals surface area contributed by atoms with Gasteiger partial charge in [0.1, 0.15) is 5.76 Å². The number of amides is 1. The van der Waals surface area contributed by atoms with Gasteiger partial charge in [0.25, 0.3) is 0 Å². The fourth-order valence-corrected chi connectivity index (χ4v) is 2.63. The lowest BCUT2D eigenvalue weighted by atomic mass is 10.2. The Labute approximate surface area is 126 Å². The van der Waals surface area contributed by atoms with Crippen LogP contribution in [-0.4, -0.2) is 47.7 Å². The van der Waals surface area contributed by atoms with Crippen molar-refractivity contribution in [1.29, 1.82) is 0 Å². The summed E-state index contributed by atoms with van der Waals surface area (Å²) >= 11 is 0. The molecule has 0 radical (unpaired) electrons. The maximum Gasteiger partial charge on any atom is 0.226 e. The quantitative estimate of drug-likeness (QED) is 0.802. The van der Waals surface area contributed by atoms with Crippen molar-refractivity contribution in [2.45, 2.75) is 52.1 Å². The average molecular weight is 294 g/mol. The second-order valence-electron chi connectivity index (χ2n) is 6.00. The van der Waals surface area contributed by atoms with E-state index in [0.29, 0.717) is 30.1 Å². The van der Waals surface area contributed by atoms with Gasteiger partial charge in [0, 0.05) is 37.7 Å². The van der Waals surface area contributed by atoms with Crippen LogP contribution in [0.25, 0.3) is 0 Å². The lowest BCUT2D eigenvalue weighted by molar-refractivity contribution is -0.116. The first-order chi connectivity index (χ1) is 10.0. The molecule has 1 unspecified atom stereocenters. The molecule has 1 atom stereocenters. The molecule has 0 bridgehead atoms. The van der Waals surface area contributed by atoms with Gasteiger partial charge in [0.2, 0.25) is 5.91 Å². The summed E-state index contributed by atoms with van der Waals surface area (Å²) in [5.74, 6) is 1.17. The zero-order valence-electron chi connectivity index (χ0n) is 13.2. The summed E-state index contributed by atoms with van der Waals surface area (Å²) < 4.78 is 4.93. The molecule has 0 aliphatic carbocycles. The molecule has 1 aliphatic rings. The Balaban J connectivity index is 1.76. The van der Waals surface area contributed by atoms with Crippen LogP contribution >= 0.6 is 0 Å².